The molecule has 0 saturated carbocycles. The average molecular weight is 447 g/mol. The molecule has 0 aliphatic carbocycles. The van der Waals surface area contributed by atoms with E-state index in [0.717, 1.165) is 40.1 Å². The summed E-state index contributed by atoms with van der Waals surface area (Å²) in [5.41, 5.74) is 5.36. The molecule has 0 N–H and O–H groups in total. The lowest BCUT2D eigenvalue weighted by molar-refractivity contribution is 0.0523. The predicted octanol–water partition coefficient (Wildman–Crippen LogP) is 5.21. The van der Waals surface area contributed by atoms with Gasteiger partial charge in [0.15, 0.2) is 5.43 Å². The summed E-state index contributed by atoms with van der Waals surface area (Å²) in [5, 5.41) is 0. The molecule has 6 heteroatoms. The molecule has 1 aliphatic heterocycles. The van der Waals surface area contributed by atoms with Crippen molar-refractivity contribution in [2.75, 3.05) is 13.7 Å². The predicted molar refractivity (Wildman–Crippen MR) is 129 cm³/mol. The van der Waals surface area contributed by atoms with E-state index in [9.17, 15) is 9.59 Å². The molecule has 4 rings (SSSR count). The van der Waals surface area contributed by atoms with Gasteiger partial charge in [0.05, 0.1) is 19.4 Å². The molecule has 1 aromatic carbocycles. The lowest BCUT2D eigenvalue weighted by Gasteiger charge is -2.39. The van der Waals surface area contributed by atoms with E-state index in [0.29, 0.717) is 5.75 Å². The molecule has 172 valence electrons. The quantitative estimate of drug-likeness (QED) is 0.514. The number of rotatable bonds is 4. The number of benzene rings is 1. The number of carbonyl (C=O) groups excluding carboxylic acids is 1. The fourth-order valence-corrected chi connectivity index (χ4v) is 4.47. The van der Waals surface area contributed by atoms with Crippen molar-refractivity contribution in [2.45, 2.75) is 47.1 Å². The molecule has 3 aromatic rings. The second-order valence-corrected chi connectivity index (χ2v) is 9.55. The molecule has 33 heavy (non-hydrogen) atoms. The third-order valence-corrected chi connectivity index (χ3v) is 6.25. The Bertz CT molecular complexity index is 1270. The number of ether oxygens (including phenoxy) is 2. The van der Waals surface area contributed by atoms with Gasteiger partial charge in [-0.15, -0.1) is 0 Å². The van der Waals surface area contributed by atoms with E-state index in [2.05, 4.69) is 36.4 Å². The Morgan fingerprint density at radius 1 is 1.18 bits per heavy atom. The SMILES string of the molecule is CCOC(=O)c1cn2c(cc1=O)-c1cc(OC)c(-c3ccc(C)nc3)cc1CC2C(C)(C)C. The van der Waals surface area contributed by atoms with Crippen LogP contribution in [-0.2, 0) is 11.2 Å². The topological polar surface area (TPSA) is 70.4 Å². The van der Waals surface area contributed by atoms with Crippen LogP contribution in [0.25, 0.3) is 22.4 Å². The molecular weight excluding hydrogens is 416 g/mol. The summed E-state index contributed by atoms with van der Waals surface area (Å²) in [6.07, 6.45) is 4.28. The molecule has 0 spiro atoms. The van der Waals surface area contributed by atoms with Gasteiger partial charge in [-0.25, -0.2) is 4.79 Å². The second-order valence-electron chi connectivity index (χ2n) is 9.55. The van der Waals surface area contributed by atoms with Crippen molar-refractivity contribution in [3.8, 4) is 28.1 Å². The molecule has 0 fully saturated rings. The summed E-state index contributed by atoms with van der Waals surface area (Å²) in [5.74, 6) is 0.123. The molecule has 1 atom stereocenters. The molecule has 3 heterocycles. The van der Waals surface area contributed by atoms with Gasteiger partial charge in [0, 0.05) is 46.9 Å². The Balaban J connectivity index is 1.95. The Hall–Kier alpha value is -3.41. The van der Waals surface area contributed by atoms with Crippen LogP contribution in [0, 0.1) is 12.3 Å². The van der Waals surface area contributed by atoms with Gasteiger partial charge in [-0.3, -0.25) is 9.78 Å². The van der Waals surface area contributed by atoms with Crippen molar-refractivity contribution in [1.29, 1.82) is 0 Å². The summed E-state index contributed by atoms with van der Waals surface area (Å²) in [7, 11) is 1.64. The standard InChI is InChI=1S/C27H30N2O4/c1-7-33-26(31)21-15-29-22(13-23(21)30)19-12-24(32-6)20(17-9-8-16(2)28-14-17)10-18(19)11-25(29)27(3,4)5/h8-10,12-15,25H,7,11H2,1-6H3. The highest BCUT2D eigenvalue weighted by molar-refractivity contribution is 5.89. The molecule has 1 unspecified atom stereocenters. The van der Waals surface area contributed by atoms with E-state index in [1.807, 2.05) is 31.3 Å². The van der Waals surface area contributed by atoms with Crippen molar-refractivity contribution >= 4 is 5.97 Å². The summed E-state index contributed by atoms with van der Waals surface area (Å²) in [6.45, 7) is 10.4. The van der Waals surface area contributed by atoms with Crippen LogP contribution in [0.2, 0.25) is 0 Å². The molecule has 0 saturated heterocycles. The van der Waals surface area contributed by atoms with Gasteiger partial charge in [0.25, 0.3) is 0 Å². The Morgan fingerprint density at radius 2 is 1.94 bits per heavy atom. The van der Waals surface area contributed by atoms with Crippen molar-refractivity contribution in [2.24, 2.45) is 5.41 Å². The van der Waals surface area contributed by atoms with E-state index in [4.69, 9.17) is 9.47 Å². The minimum atomic E-state index is -0.587. The summed E-state index contributed by atoms with van der Waals surface area (Å²) in [6, 6.07) is 9.76. The van der Waals surface area contributed by atoms with Crippen LogP contribution in [0.1, 0.15) is 55.4 Å². The number of hydrogen-bond donors (Lipinski definition) is 0. The molecule has 1 aliphatic rings. The zero-order valence-corrected chi connectivity index (χ0v) is 20.1. The fraction of sp³-hybridized carbons (Fsp3) is 0.370. The largest absolute Gasteiger partial charge is 0.496 e. The summed E-state index contributed by atoms with van der Waals surface area (Å²) < 4.78 is 12.9. The van der Waals surface area contributed by atoms with Crippen LogP contribution < -0.4 is 10.2 Å². The van der Waals surface area contributed by atoms with Gasteiger partial charge >= 0.3 is 5.97 Å². The maximum absolute atomic E-state index is 12.9. The van der Waals surface area contributed by atoms with Crippen LogP contribution in [0.3, 0.4) is 0 Å². The molecule has 0 amide bonds. The summed E-state index contributed by atoms with van der Waals surface area (Å²) in [4.78, 5) is 29.8. The third-order valence-electron chi connectivity index (χ3n) is 6.25. The van der Waals surface area contributed by atoms with E-state index < -0.39 is 5.97 Å². The van der Waals surface area contributed by atoms with Crippen molar-refractivity contribution < 1.29 is 14.3 Å². The lowest BCUT2D eigenvalue weighted by atomic mass is 9.78. The van der Waals surface area contributed by atoms with Gasteiger partial charge in [-0.2, -0.15) is 0 Å². The van der Waals surface area contributed by atoms with Crippen LogP contribution in [-0.4, -0.2) is 29.2 Å². The van der Waals surface area contributed by atoms with E-state index in [1.54, 1.807) is 26.3 Å². The van der Waals surface area contributed by atoms with Crippen LogP contribution in [0.5, 0.6) is 5.75 Å². The highest BCUT2D eigenvalue weighted by Gasteiger charge is 2.34. The minimum Gasteiger partial charge on any atom is -0.496 e. The van der Waals surface area contributed by atoms with Crippen LogP contribution in [0.4, 0.5) is 0 Å². The van der Waals surface area contributed by atoms with Gasteiger partial charge in [-0.05, 0) is 49.4 Å². The molecule has 6 nitrogen and oxygen atoms in total. The Labute approximate surface area is 194 Å². The maximum Gasteiger partial charge on any atom is 0.343 e. The van der Waals surface area contributed by atoms with Gasteiger partial charge in [0.2, 0.25) is 0 Å². The number of aryl methyl sites for hydroxylation is 1. The first-order chi connectivity index (χ1) is 15.6. The highest BCUT2D eigenvalue weighted by atomic mass is 16.5. The van der Waals surface area contributed by atoms with Crippen molar-refractivity contribution in [3.05, 3.63) is 69.8 Å². The monoisotopic (exact) mass is 446 g/mol. The molecule has 2 aromatic heterocycles. The molecule has 0 bridgehead atoms. The number of esters is 1. The van der Waals surface area contributed by atoms with Gasteiger partial charge in [-0.1, -0.05) is 26.8 Å². The van der Waals surface area contributed by atoms with E-state index >= 15 is 0 Å². The highest BCUT2D eigenvalue weighted by Crippen LogP contribution is 2.45. The number of carbonyl (C=O) groups is 1. The number of nitrogens with zero attached hydrogens (tertiary/aromatic N) is 2. The fourth-order valence-electron chi connectivity index (χ4n) is 4.47. The average Bonchev–Trinajstić information content (AvgIpc) is 2.77. The number of aromatic nitrogens is 2. The van der Waals surface area contributed by atoms with Crippen molar-refractivity contribution in [1.82, 2.24) is 9.55 Å². The maximum atomic E-state index is 12.9. The van der Waals surface area contributed by atoms with Gasteiger partial charge in [0.1, 0.15) is 11.3 Å². The normalized spacial score (nSPS) is 14.9. The molecule has 0 radical (unpaired) electrons. The number of methoxy groups -OCH3 is 1. The second kappa shape index (κ2) is 8.50. The number of pyridine rings is 2. The first-order valence-corrected chi connectivity index (χ1v) is 11.2. The lowest BCUT2D eigenvalue weighted by Crippen LogP contribution is -2.33. The van der Waals surface area contributed by atoms with Gasteiger partial charge < -0.3 is 14.0 Å². The third kappa shape index (κ3) is 4.17. The number of fused-ring (bicyclic) bond motifs is 3. The zero-order chi connectivity index (χ0) is 23.9. The first-order valence-electron chi connectivity index (χ1n) is 11.2. The first kappa shape index (κ1) is 22.8. The van der Waals surface area contributed by atoms with E-state index in [1.165, 1.54) is 0 Å². The van der Waals surface area contributed by atoms with Crippen molar-refractivity contribution in [3.63, 3.8) is 0 Å². The zero-order valence-electron chi connectivity index (χ0n) is 20.1. The molecular formula is C27H30N2O4. The summed E-state index contributed by atoms with van der Waals surface area (Å²) >= 11 is 0. The smallest absolute Gasteiger partial charge is 0.343 e. The Kier molecular flexibility index (Phi) is 5.87. The number of hydrogen-bond acceptors (Lipinski definition) is 5. The van der Waals surface area contributed by atoms with Crippen LogP contribution >= 0.6 is 0 Å². The minimum absolute atomic E-state index is 0.0474. The van der Waals surface area contributed by atoms with E-state index in [-0.39, 0.29) is 29.1 Å². The van der Waals surface area contributed by atoms with Crippen LogP contribution in [0.15, 0.2) is 47.5 Å². The Morgan fingerprint density at radius 3 is 2.55 bits per heavy atom.